The molecule has 0 fully saturated rings. The van der Waals surface area contributed by atoms with Crippen molar-refractivity contribution in [1.82, 2.24) is 0 Å². The van der Waals surface area contributed by atoms with Gasteiger partial charge in [-0.2, -0.15) is 0 Å². The fourth-order valence-electron chi connectivity index (χ4n) is 4.48. The Balaban J connectivity index is 1.28. The van der Waals surface area contributed by atoms with E-state index in [-0.39, 0.29) is 52.9 Å². The van der Waals surface area contributed by atoms with Gasteiger partial charge < -0.3 is 48.1 Å². The minimum Gasteiger partial charge on any atom is -0.487 e. The number of hydrogen-bond donors (Lipinski definition) is 2. The summed E-state index contributed by atoms with van der Waals surface area (Å²) in [6, 6.07) is 21.5. The van der Waals surface area contributed by atoms with Gasteiger partial charge in [-0.25, -0.2) is 9.78 Å². The summed E-state index contributed by atoms with van der Waals surface area (Å²) in [4.78, 5) is 11.8. The molecule has 2 aliphatic heterocycles. The molecular formula is C34H42O12. The SMILES string of the molecule is OC1COCCCCOCC(OO[C@H]2COc3ccccc3OC[C@H](O)COc3ccccc3OC2)COc2ccccc2OC1. The van der Waals surface area contributed by atoms with E-state index in [0.29, 0.717) is 47.7 Å². The van der Waals surface area contributed by atoms with Gasteiger partial charge in [-0.1, -0.05) is 36.4 Å². The van der Waals surface area contributed by atoms with Gasteiger partial charge >= 0.3 is 0 Å². The molecule has 3 aromatic carbocycles. The Hall–Kier alpha value is -3.78. The minimum atomic E-state index is -0.870. The standard InChI is InChI=1S/C34H42O12/c35-25-17-37-15-7-8-16-38-21-27(22-42-32-12-4-1-9-29(32)39-18-25)45-46-28-23-43-33-13-5-2-10-30(33)40-19-26(36)20-41-31-11-3-6-14-34(31)44-24-28/h1-6,9-14,25-28,35-36H,7-8,15-24H2/t25?,26-,27?,28-. The number of hydrogen-bond acceptors (Lipinski definition) is 12. The second kappa shape index (κ2) is 18.4. The van der Waals surface area contributed by atoms with Gasteiger partial charge in [0, 0.05) is 13.2 Å². The molecule has 250 valence electrons. The van der Waals surface area contributed by atoms with E-state index in [1.54, 1.807) is 36.4 Å². The summed E-state index contributed by atoms with van der Waals surface area (Å²) in [6.07, 6.45) is -1.40. The molecule has 2 N–H and O–H groups in total. The average molecular weight is 643 g/mol. The van der Waals surface area contributed by atoms with Gasteiger partial charge in [-0.3, -0.25) is 0 Å². The number of fused-ring (bicyclic) bond motifs is 3. The molecule has 0 saturated heterocycles. The van der Waals surface area contributed by atoms with Crippen LogP contribution in [0.1, 0.15) is 12.8 Å². The lowest BCUT2D eigenvalue weighted by molar-refractivity contribution is -0.364. The Morgan fingerprint density at radius 1 is 0.413 bits per heavy atom. The zero-order chi connectivity index (χ0) is 31.8. The van der Waals surface area contributed by atoms with E-state index in [0.717, 1.165) is 12.8 Å². The molecule has 2 atom stereocenters. The molecule has 2 unspecified atom stereocenters. The van der Waals surface area contributed by atoms with Crippen LogP contribution < -0.4 is 28.4 Å². The van der Waals surface area contributed by atoms with Crippen molar-refractivity contribution in [3.8, 4) is 34.5 Å². The van der Waals surface area contributed by atoms with E-state index in [9.17, 15) is 10.2 Å². The fraction of sp³-hybridized carbons (Fsp3) is 0.471. The first kappa shape index (κ1) is 33.6. The molecule has 0 bridgehead atoms. The summed E-state index contributed by atoms with van der Waals surface area (Å²) < 4.78 is 47.2. The largest absolute Gasteiger partial charge is 0.487 e. The second-order valence-electron chi connectivity index (χ2n) is 10.8. The Bertz CT molecular complexity index is 1250. The number of para-hydroxylation sites is 6. The van der Waals surface area contributed by atoms with Crippen molar-refractivity contribution in [2.45, 2.75) is 37.3 Å². The van der Waals surface area contributed by atoms with Crippen LogP contribution in [0, 0.1) is 0 Å². The molecule has 5 rings (SSSR count). The molecule has 0 radical (unpaired) electrons. The minimum absolute atomic E-state index is 0.00981. The Morgan fingerprint density at radius 3 is 1.11 bits per heavy atom. The molecule has 12 heteroatoms. The predicted molar refractivity (Wildman–Crippen MR) is 165 cm³/mol. The third-order valence-electron chi connectivity index (χ3n) is 6.88. The summed E-state index contributed by atoms with van der Waals surface area (Å²) in [5.41, 5.74) is 0. The van der Waals surface area contributed by atoms with Gasteiger partial charge in [0.15, 0.2) is 40.6 Å². The lowest BCUT2D eigenvalue weighted by Gasteiger charge is -2.24. The van der Waals surface area contributed by atoms with Crippen molar-refractivity contribution in [2.24, 2.45) is 0 Å². The molecule has 0 spiro atoms. The van der Waals surface area contributed by atoms with Crippen LogP contribution in [-0.2, 0) is 19.2 Å². The maximum Gasteiger partial charge on any atom is 0.161 e. The summed E-state index contributed by atoms with van der Waals surface area (Å²) in [6.45, 7) is 1.67. The van der Waals surface area contributed by atoms with Gasteiger partial charge in [-0.05, 0) is 49.2 Å². The van der Waals surface area contributed by atoms with Crippen molar-refractivity contribution < 1.29 is 57.9 Å². The monoisotopic (exact) mass is 642 g/mol. The van der Waals surface area contributed by atoms with Crippen LogP contribution in [0.15, 0.2) is 72.8 Å². The molecular weight excluding hydrogens is 600 g/mol. The highest BCUT2D eigenvalue weighted by molar-refractivity contribution is 5.41. The van der Waals surface area contributed by atoms with E-state index in [1.807, 2.05) is 36.4 Å². The summed E-state index contributed by atoms with van der Waals surface area (Å²) in [5.74, 6) is 2.86. The second-order valence-corrected chi connectivity index (χ2v) is 10.8. The lowest BCUT2D eigenvalue weighted by Crippen LogP contribution is -2.34. The number of aliphatic hydroxyl groups excluding tert-OH is 2. The highest BCUT2D eigenvalue weighted by Gasteiger charge is 2.22. The maximum atomic E-state index is 10.4. The van der Waals surface area contributed by atoms with E-state index >= 15 is 0 Å². The Morgan fingerprint density at radius 2 is 0.717 bits per heavy atom. The van der Waals surface area contributed by atoms with Crippen molar-refractivity contribution in [3.05, 3.63) is 72.8 Å². The maximum absolute atomic E-state index is 10.4. The van der Waals surface area contributed by atoms with Crippen molar-refractivity contribution in [2.75, 3.05) is 66.1 Å². The Kier molecular flexibility index (Phi) is 13.4. The van der Waals surface area contributed by atoms with Crippen molar-refractivity contribution in [3.63, 3.8) is 0 Å². The molecule has 3 aromatic rings. The summed E-state index contributed by atoms with van der Waals surface area (Å²) >= 11 is 0. The number of ether oxygens (including phenoxy) is 8. The molecule has 0 aromatic heterocycles. The molecule has 2 aliphatic rings. The summed E-state index contributed by atoms with van der Waals surface area (Å²) in [7, 11) is 0. The number of rotatable bonds is 3. The first-order valence-corrected chi connectivity index (χ1v) is 15.5. The van der Waals surface area contributed by atoms with E-state index in [2.05, 4.69) is 0 Å². The fourth-order valence-corrected chi connectivity index (χ4v) is 4.48. The Labute approximate surface area is 268 Å². The molecule has 0 amide bonds. The topological polar surface area (TPSA) is 133 Å². The molecule has 2 heterocycles. The zero-order valence-electron chi connectivity index (χ0n) is 25.7. The lowest BCUT2D eigenvalue weighted by atomic mass is 10.3. The molecule has 0 saturated carbocycles. The van der Waals surface area contributed by atoms with Gasteiger partial charge in [0.1, 0.15) is 58.0 Å². The van der Waals surface area contributed by atoms with Gasteiger partial charge in [0.2, 0.25) is 0 Å². The van der Waals surface area contributed by atoms with Gasteiger partial charge in [0.05, 0.1) is 13.2 Å². The van der Waals surface area contributed by atoms with E-state index < -0.39 is 24.4 Å². The number of benzene rings is 3. The van der Waals surface area contributed by atoms with Crippen LogP contribution >= 0.6 is 0 Å². The summed E-state index contributed by atoms with van der Waals surface area (Å²) in [5, 5.41) is 20.6. The average Bonchev–Trinajstić information content (AvgIpc) is 3.08. The number of aliphatic hydroxyl groups is 2. The smallest absolute Gasteiger partial charge is 0.161 e. The molecule has 12 nitrogen and oxygen atoms in total. The van der Waals surface area contributed by atoms with Crippen LogP contribution in [0.2, 0.25) is 0 Å². The van der Waals surface area contributed by atoms with Crippen molar-refractivity contribution in [1.29, 1.82) is 0 Å². The van der Waals surface area contributed by atoms with Crippen LogP contribution in [0.3, 0.4) is 0 Å². The molecule has 46 heavy (non-hydrogen) atoms. The van der Waals surface area contributed by atoms with Gasteiger partial charge in [-0.15, -0.1) is 0 Å². The third-order valence-corrected chi connectivity index (χ3v) is 6.88. The predicted octanol–water partition coefficient (Wildman–Crippen LogP) is 3.61. The quantitative estimate of drug-likeness (QED) is 0.320. The van der Waals surface area contributed by atoms with Crippen LogP contribution in [0.4, 0.5) is 0 Å². The normalized spacial score (nSPS) is 23.9. The highest BCUT2D eigenvalue weighted by Crippen LogP contribution is 2.30. The third kappa shape index (κ3) is 10.9. The van der Waals surface area contributed by atoms with Gasteiger partial charge in [0.25, 0.3) is 0 Å². The highest BCUT2D eigenvalue weighted by atomic mass is 17.2. The molecule has 0 aliphatic carbocycles. The first-order valence-electron chi connectivity index (χ1n) is 15.5. The van der Waals surface area contributed by atoms with Crippen molar-refractivity contribution >= 4 is 0 Å². The zero-order valence-corrected chi connectivity index (χ0v) is 25.7. The first-order chi connectivity index (χ1) is 22.6. The van der Waals surface area contributed by atoms with E-state index in [4.69, 9.17) is 47.7 Å². The van der Waals surface area contributed by atoms with Crippen LogP contribution in [0.25, 0.3) is 0 Å². The van der Waals surface area contributed by atoms with Crippen LogP contribution in [-0.4, -0.2) is 101 Å². The van der Waals surface area contributed by atoms with Crippen LogP contribution in [0.5, 0.6) is 34.5 Å². The van der Waals surface area contributed by atoms with E-state index in [1.165, 1.54) is 0 Å².